The topological polar surface area (TPSA) is 0 Å². The lowest BCUT2D eigenvalue weighted by Gasteiger charge is -2.30. The SMILES string of the molecule is CC=CC(C)C1(CCC)C2CC21C. The van der Waals surface area contributed by atoms with Crippen molar-refractivity contribution in [2.45, 2.75) is 47.0 Å². The van der Waals surface area contributed by atoms with Crippen LogP contribution in [0.25, 0.3) is 0 Å². The standard InChI is InChI=1S/C13H22/c1-5-7-10(3)13(8-6-2)11-9-12(11,13)4/h5,7,10-11H,6,8-9H2,1-4H3. The lowest BCUT2D eigenvalue weighted by molar-refractivity contribution is 0.216. The predicted octanol–water partition coefficient (Wildman–Crippen LogP) is 4.02. The number of allylic oxidation sites excluding steroid dienone is 2. The fourth-order valence-electron chi connectivity index (χ4n) is 3.90. The Morgan fingerprint density at radius 1 is 1.54 bits per heavy atom. The van der Waals surface area contributed by atoms with E-state index in [1.807, 2.05) is 0 Å². The predicted molar refractivity (Wildman–Crippen MR) is 57.5 cm³/mol. The molecule has 2 aliphatic rings. The van der Waals surface area contributed by atoms with E-state index >= 15 is 0 Å². The van der Waals surface area contributed by atoms with Crippen LogP contribution in [0.1, 0.15) is 47.0 Å². The van der Waals surface area contributed by atoms with E-state index in [4.69, 9.17) is 0 Å². The van der Waals surface area contributed by atoms with E-state index < -0.39 is 0 Å². The second-order valence-electron chi connectivity index (χ2n) is 5.28. The van der Waals surface area contributed by atoms with E-state index in [0.29, 0.717) is 5.41 Å². The summed E-state index contributed by atoms with van der Waals surface area (Å²) in [5.41, 5.74) is 1.47. The zero-order valence-corrected chi connectivity index (χ0v) is 9.43. The molecule has 2 fully saturated rings. The van der Waals surface area contributed by atoms with Gasteiger partial charge in [0.05, 0.1) is 0 Å². The summed E-state index contributed by atoms with van der Waals surface area (Å²) in [5, 5.41) is 0. The maximum Gasteiger partial charge on any atom is -0.0147 e. The molecule has 0 nitrogen and oxygen atoms in total. The number of hydrogen-bond donors (Lipinski definition) is 0. The molecule has 0 aromatic rings. The van der Waals surface area contributed by atoms with Gasteiger partial charge in [-0.3, -0.25) is 0 Å². The minimum Gasteiger partial charge on any atom is -0.0914 e. The maximum absolute atomic E-state index is 2.49. The molecule has 0 bridgehead atoms. The average Bonchev–Trinajstić information content (AvgIpc) is 2.88. The maximum atomic E-state index is 2.49. The van der Waals surface area contributed by atoms with Crippen LogP contribution in [-0.4, -0.2) is 0 Å². The van der Waals surface area contributed by atoms with E-state index in [9.17, 15) is 0 Å². The Labute approximate surface area is 82.4 Å². The third kappa shape index (κ3) is 0.923. The second kappa shape index (κ2) is 2.62. The molecule has 0 N–H and O–H groups in total. The number of hydrogen-bond acceptors (Lipinski definition) is 0. The molecule has 0 radical (unpaired) electrons. The first-order valence-electron chi connectivity index (χ1n) is 5.76. The van der Waals surface area contributed by atoms with Gasteiger partial charge in [0, 0.05) is 0 Å². The van der Waals surface area contributed by atoms with Crippen LogP contribution in [0.2, 0.25) is 0 Å². The summed E-state index contributed by atoms with van der Waals surface area (Å²) in [6.45, 7) is 9.37. The zero-order valence-electron chi connectivity index (χ0n) is 9.43. The normalized spacial score (nSPS) is 49.1. The molecular formula is C13H22. The minimum atomic E-state index is 0.717. The molecule has 4 unspecified atom stereocenters. The van der Waals surface area contributed by atoms with Crippen molar-refractivity contribution in [1.29, 1.82) is 0 Å². The molecule has 0 spiro atoms. The molecule has 0 aliphatic heterocycles. The van der Waals surface area contributed by atoms with Crippen molar-refractivity contribution in [2.75, 3.05) is 0 Å². The first kappa shape index (κ1) is 9.30. The smallest absolute Gasteiger partial charge is 0.0147 e. The molecule has 0 heterocycles. The third-order valence-electron chi connectivity index (χ3n) is 4.80. The summed E-state index contributed by atoms with van der Waals surface area (Å²) in [7, 11) is 0. The molecule has 4 atom stereocenters. The van der Waals surface area contributed by atoms with Gasteiger partial charge in [-0.15, -0.1) is 0 Å². The van der Waals surface area contributed by atoms with Crippen LogP contribution in [0.3, 0.4) is 0 Å². The Hall–Kier alpha value is -0.260. The van der Waals surface area contributed by atoms with Gasteiger partial charge in [0.15, 0.2) is 0 Å². The highest BCUT2D eigenvalue weighted by molar-refractivity contribution is 5.34. The van der Waals surface area contributed by atoms with Crippen LogP contribution in [-0.2, 0) is 0 Å². The zero-order chi connectivity index (χ0) is 9.69. The fourth-order valence-corrected chi connectivity index (χ4v) is 3.90. The Morgan fingerprint density at radius 2 is 2.15 bits per heavy atom. The summed E-state index contributed by atoms with van der Waals surface area (Å²) < 4.78 is 0. The van der Waals surface area contributed by atoms with Gasteiger partial charge in [-0.05, 0) is 42.4 Å². The lowest BCUT2D eigenvalue weighted by Crippen LogP contribution is -2.23. The Morgan fingerprint density at radius 3 is 2.46 bits per heavy atom. The van der Waals surface area contributed by atoms with E-state index in [-0.39, 0.29) is 0 Å². The van der Waals surface area contributed by atoms with Gasteiger partial charge < -0.3 is 0 Å². The second-order valence-corrected chi connectivity index (χ2v) is 5.28. The monoisotopic (exact) mass is 178 g/mol. The molecule has 13 heavy (non-hydrogen) atoms. The van der Waals surface area contributed by atoms with Crippen LogP contribution in [0, 0.1) is 22.7 Å². The van der Waals surface area contributed by atoms with Gasteiger partial charge in [0.2, 0.25) is 0 Å². The summed E-state index contributed by atoms with van der Waals surface area (Å²) in [6, 6.07) is 0. The molecule has 0 aromatic carbocycles. The Kier molecular flexibility index (Phi) is 1.87. The molecule has 0 aromatic heterocycles. The molecule has 0 saturated heterocycles. The van der Waals surface area contributed by atoms with Crippen molar-refractivity contribution in [3.8, 4) is 0 Å². The quantitative estimate of drug-likeness (QED) is 0.570. The summed E-state index contributed by atoms with van der Waals surface area (Å²) in [6.07, 6.45) is 8.94. The highest BCUT2D eigenvalue weighted by atomic mass is 14.9. The summed E-state index contributed by atoms with van der Waals surface area (Å²) >= 11 is 0. The van der Waals surface area contributed by atoms with Crippen molar-refractivity contribution < 1.29 is 0 Å². The van der Waals surface area contributed by atoms with Gasteiger partial charge >= 0.3 is 0 Å². The third-order valence-corrected chi connectivity index (χ3v) is 4.80. The van der Waals surface area contributed by atoms with Crippen LogP contribution >= 0.6 is 0 Å². The number of rotatable bonds is 4. The highest BCUT2D eigenvalue weighted by Gasteiger charge is 2.85. The van der Waals surface area contributed by atoms with Gasteiger partial charge in [0.1, 0.15) is 0 Å². The van der Waals surface area contributed by atoms with E-state index in [1.165, 1.54) is 19.3 Å². The minimum absolute atomic E-state index is 0.717. The molecule has 2 aliphatic carbocycles. The summed E-state index contributed by atoms with van der Waals surface area (Å²) in [5.74, 6) is 1.88. The van der Waals surface area contributed by atoms with E-state index in [2.05, 4.69) is 39.8 Å². The van der Waals surface area contributed by atoms with Gasteiger partial charge in [-0.1, -0.05) is 39.3 Å². The van der Waals surface area contributed by atoms with Crippen LogP contribution in [0.5, 0.6) is 0 Å². The molecule has 0 amide bonds. The van der Waals surface area contributed by atoms with Gasteiger partial charge in [0.25, 0.3) is 0 Å². The van der Waals surface area contributed by atoms with E-state index in [1.54, 1.807) is 0 Å². The fraction of sp³-hybridized carbons (Fsp3) is 0.846. The summed E-state index contributed by atoms with van der Waals surface area (Å²) in [4.78, 5) is 0. The lowest BCUT2D eigenvalue weighted by atomic mass is 9.74. The highest BCUT2D eigenvalue weighted by Crippen LogP contribution is 2.91. The molecule has 0 heteroatoms. The van der Waals surface area contributed by atoms with Gasteiger partial charge in [-0.2, -0.15) is 0 Å². The van der Waals surface area contributed by atoms with Crippen molar-refractivity contribution >= 4 is 0 Å². The molecule has 2 rings (SSSR count). The Bertz CT molecular complexity index is 240. The van der Waals surface area contributed by atoms with Crippen LogP contribution in [0.15, 0.2) is 12.2 Å². The van der Waals surface area contributed by atoms with Crippen LogP contribution in [0.4, 0.5) is 0 Å². The van der Waals surface area contributed by atoms with Crippen molar-refractivity contribution in [3.63, 3.8) is 0 Å². The van der Waals surface area contributed by atoms with Crippen molar-refractivity contribution in [1.82, 2.24) is 0 Å². The first-order chi connectivity index (χ1) is 6.13. The van der Waals surface area contributed by atoms with Crippen LogP contribution < -0.4 is 0 Å². The number of fused-ring (bicyclic) bond motifs is 1. The first-order valence-corrected chi connectivity index (χ1v) is 5.76. The van der Waals surface area contributed by atoms with Gasteiger partial charge in [-0.25, -0.2) is 0 Å². The molecule has 74 valence electrons. The average molecular weight is 178 g/mol. The molecule has 2 saturated carbocycles. The van der Waals surface area contributed by atoms with E-state index in [0.717, 1.165) is 17.3 Å². The largest absolute Gasteiger partial charge is 0.0914 e. The molecular weight excluding hydrogens is 156 g/mol. The van der Waals surface area contributed by atoms with Crippen molar-refractivity contribution in [2.24, 2.45) is 22.7 Å². The Balaban J connectivity index is 2.09. The van der Waals surface area contributed by atoms with Crippen molar-refractivity contribution in [3.05, 3.63) is 12.2 Å².